The van der Waals surface area contributed by atoms with Crippen LogP contribution in [0.25, 0.3) is 10.2 Å². The Labute approximate surface area is 97.8 Å². The van der Waals surface area contributed by atoms with Crippen LogP contribution in [0.15, 0.2) is 12.1 Å². The van der Waals surface area contributed by atoms with E-state index in [4.69, 9.17) is 0 Å². The van der Waals surface area contributed by atoms with Gasteiger partial charge in [-0.15, -0.1) is 24.5 Å². The van der Waals surface area contributed by atoms with Gasteiger partial charge in [-0.3, -0.25) is 4.79 Å². The summed E-state index contributed by atoms with van der Waals surface area (Å²) in [4.78, 5) is 14.8. The number of benzene rings is 1. The van der Waals surface area contributed by atoms with E-state index in [1.165, 1.54) is 17.4 Å². The van der Waals surface area contributed by atoms with Crippen molar-refractivity contribution in [3.05, 3.63) is 22.7 Å². The number of hydrogen-bond acceptors (Lipinski definition) is 4. The molecule has 3 nitrogen and oxygen atoms in total. The lowest BCUT2D eigenvalue weighted by Gasteiger charge is -2.08. The van der Waals surface area contributed by atoms with Crippen LogP contribution in [-0.4, -0.2) is 17.6 Å². The molecule has 0 N–H and O–H groups in total. The van der Waals surface area contributed by atoms with Crippen molar-refractivity contribution >= 4 is 27.8 Å². The first-order valence-electron chi connectivity index (χ1n) is 4.51. The third-order valence-electron chi connectivity index (χ3n) is 1.97. The molecule has 1 aromatic carbocycles. The van der Waals surface area contributed by atoms with Crippen molar-refractivity contribution in [2.75, 3.05) is 0 Å². The van der Waals surface area contributed by atoms with E-state index in [1.54, 1.807) is 6.92 Å². The zero-order valence-electron chi connectivity index (χ0n) is 8.54. The second-order valence-corrected chi connectivity index (χ2v) is 4.49. The summed E-state index contributed by atoms with van der Waals surface area (Å²) >= 11 is 1.20. The molecule has 0 aliphatic heterocycles. The van der Waals surface area contributed by atoms with E-state index in [0.717, 1.165) is 6.07 Å². The first-order chi connectivity index (χ1) is 7.89. The van der Waals surface area contributed by atoms with Gasteiger partial charge in [-0.2, -0.15) is 0 Å². The topological polar surface area (TPSA) is 39.2 Å². The van der Waals surface area contributed by atoms with Gasteiger partial charge in [0.2, 0.25) is 0 Å². The fraction of sp³-hybridized carbons (Fsp3) is 0.200. The van der Waals surface area contributed by atoms with Gasteiger partial charge in [0.15, 0.2) is 6.29 Å². The highest BCUT2D eigenvalue weighted by molar-refractivity contribution is 7.18. The van der Waals surface area contributed by atoms with Gasteiger partial charge in [0, 0.05) is 11.6 Å². The number of carbonyl (C=O) groups is 1. The molecule has 17 heavy (non-hydrogen) atoms. The molecule has 0 aliphatic rings. The summed E-state index contributed by atoms with van der Waals surface area (Å²) in [5.74, 6) is -0.407. The number of hydrogen-bond donors (Lipinski definition) is 0. The molecule has 0 spiro atoms. The Kier molecular flexibility index (Phi) is 2.78. The minimum atomic E-state index is -4.77. The fourth-order valence-electron chi connectivity index (χ4n) is 1.42. The zero-order valence-corrected chi connectivity index (χ0v) is 9.35. The van der Waals surface area contributed by atoms with Gasteiger partial charge in [-0.05, 0) is 13.0 Å². The van der Waals surface area contributed by atoms with Crippen LogP contribution in [0.5, 0.6) is 5.75 Å². The van der Waals surface area contributed by atoms with E-state index in [-0.39, 0.29) is 5.56 Å². The molecule has 0 amide bonds. The van der Waals surface area contributed by atoms with Crippen LogP contribution in [0.1, 0.15) is 15.4 Å². The summed E-state index contributed by atoms with van der Waals surface area (Å²) < 4.78 is 40.5. The van der Waals surface area contributed by atoms with Gasteiger partial charge in [-0.25, -0.2) is 4.98 Å². The van der Waals surface area contributed by atoms with Crippen LogP contribution in [-0.2, 0) is 0 Å². The second-order valence-electron chi connectivity index (χ2n) is 3.26. The molecule has 2 rings (SSSR count). The van der Waals surface area contributed by atoms with E-state index in [0.29, 0.717) is 21.5 Å². The predicted octanol–water partition coefficient (Wildman–Crippen LogP) is 3.32. The SMILES string of the molecule is Cc1nc2c(C=O)cc(OC(F)(F)F)cc2s1. The van der Waals surface area contributed by atoms with E-state index >= 15 is 0 Å². The molecule has 0 aliphatic carbocycles. The maximum Gasteiger partial charge on any atom is 0.573 e. The Morgan fingerprint density at radius 1 is 1.41 bits per heavy atom. The number of aldehydes is 1. The normalized spacial score (nSPS) is 11.8. The van der Waals surface area contributed by atoms with Crippen LogP contribution < -0.4 is 4.74 Å². The summed E-state index contributed by atoms with van der Waals surface area (Å²) in [5.41, 5.74) is 0.489. The highest BCUT2D eigenvalue weighted by atomic mass is 32.1. The Bertz CT molecular complexity index is 577. The number of thiazole rings is 1. The predicted molar refractivity (Wildman–Crippen MR) is 56.4 cm³/mol. The lowest BCUT2D eigenvalue weighted by Crippen LogP contribution is -2.17. The molecule has 1 aromatic heterocycles. The quantitative estimate of drug-likeness (QED) is 0.778. The number of halogens is 3. The van der Waals surface area contributed by atoms with E-state index in [9.17, 15) is 18.0 Å². The third-order valence-corrected chi connectivity index (χ3v) is 2.88. The Balaban J connectivity index is 2.56. The lowest BCUT2D eigenvalue weighted by atomic mass is 10.2. The largest absolute Gasteiger partial charge is 0.573 e. The number of aromatic nitrogens is 1. The van der Waals surface area contributed by atoms with Crippen LogP contribution in [0.3, 0.4) is 0 Å². The third kappa shape index (κ3) is 2.55. The van der Waals surface area contributed by atoms with Crippen molar-refractivity contribution in [2.24, 2.45) is 0 Å². The van der Waals surface area contributed by atoms with E-state index in [2.05, 4.69) is 9.72 Å². The molecule has 90 valence electrons. The van der Waals surface area contributed by atoms with Gasteiger partial charge in [0.1, 0.15) is 5.75 Å². The molecule has 0 atom stereocenters. The Morgan fingerprint density at radius 2 is 2.12 bits per heavy atom. The average molecular weight is 261 g/mol. The monoisotopic (exact) mass is 261 g/mol. The molecule has 1 heterocycles. The molecule has 0 unspecified atom stereocenters. The summed E-state index contributed by atoms with van der Waals surface area (Å²) in [6, 6.07) is 2.25. The zero-order chi connectivity index (χ0) is 12.6. The average Bonchev–Trinajstić information content (AvgIpc) is 2.54. The van der Waals surface area contributed by atoms with Gasteiger partial charge < -0.3 is 4.74 Å². The molecule has 0 bridgehead atoms. The number of alkyl halides is 3. The van der Waals surface area contributed by atoms with E-state index < -0.39 is 12.1 Å². The molecule has 7 heteroatoms. The minimum Gasteiger partial charge on any atom is -0.406 e. The van der Waals surface area contributed by atoms with Gasteiger partial charge in [0.05, 0.1) is 15.2 Å². The molecule has 0 radical (unpaired) electrons. The summed E-state index contributed by atoms with van der Waals surface area (Å²) in [6.07, 6.45) is -4.31. The van der Waals surface area contributed by atoms with Crippen LogP contribution in [0.4, 0.5) is 13.2 Å². The summed E-state index contributed by atoms with van der Waals surface area (Å²) in [5, 5.41) is 0.673. The standard InChI is InChI=1S/C10H6F3NO2S/c1-5-14-9-6(4-15)2-7(3-8(9)17-5)16-10(11,12)13/h2-4H,1H3. The number of rotatable bonds is 2. The summed E-state index contributed by atoms with van der Waals surface area (Å²) in [7, 11) is 0. The molecule has 2 aromatic rings. The minimum absolute atomic E-state index is 0.0890. The Hall–Kier alpha value is -1.63. The van der Waals surface area contributed by atoms with Crippen molar-refractivity contribution < 1.29 is 22.7 Å². The van der Waals surface area contributed by atoms with Crippen LogP contribution >= 0.6 is 11.3 Å². The van der Waals surface area contributed by atoms with Gasteiger partial charge in [-0.1, -0.05) is 0 Å². The second kappa shape index (κ2) is 3.99. The number of nitrogens with zero attached hydrogens (tertiary/aromatic N) is 1. The maximum atomic E-state index is 12.1. The fourth-order valence-corrected chi connectivity index (χ4v) is 2.31. The highest BCUT2D eigenvalue weighted by Crippen LogP contribution is 2.31. The maximum absolute atomic E-state index is 12.1. The number of carbonyl (C=O) groups excluding carboxylic acids is 1. The highest BCUT2D eigenvalue weighted by Gasteiger charge is 2.31. The van der Waals surface area contributed by atoms with Crippen LogP contribution in [0.2, 0.25) is 0 Å². The first kappa shape index (κ1) is 11.8. The van der Waals surface area contributed by atoms with Crippen molar-refractivity contribution in [3.8, 4) is 5.75 Å². The molecular weight excluding hydrogens is 255 g/mol. The van der Waals surface area contributed by atoms with Gasteiger partial charge in [0.25, 0.3) is 0 Å². The van der Waals surface area contributed by atoms with Crippen molar-refractivity contribution in [2.45, 2.75) is 13.3 Å². The molecule has 0 saturated heterocycles. The Morgan fingerprint density at radius 3 is 2.71 bits per heavy atom. The molecule has 0 saturated carbocycles. The van der Waals surface area contributed by atoms with Gasteiger partial charge >= 0.3 is 6.36 Å². The first-order valence-corrected chi connectivity index (χ1v) is 5.33. The van der Waals surface area contributed by atoms with E-state index in [1.807, 2.05) is 0 Å². The lowest BCUT2D eigenvalue weighted by molar-refractivity contribution is -0.274. The molecular formula is C10H6F3NO2S. The molecule has 0 fully saturated rings. The smallest absolute Gasteiger partial charge is 0.406 e. The number of fused-ring (bicyclic) bond motifs is 1. The number of aryl methyl sites for hydroxylation is 1. The van der Waals surface area contributed by atoms with Crippen molar-refractivity contribution in [1.29, 1.82) is 0 Å². The van der Waals surface area contributed by atoms with Crippen molar-refractivity contribution in [1.82, 2.24) is 4.98 Å². The van der Waals surface area contributed by atoms with Crippen LogP contribution in [0, 0.1) is 6.92 Å². The van der Waals surface area contributed by atoms with Crippen molar-refractivity contribution in [3.63, 3.8) is 0 Å². The summed E-state index contributed by atoms with van der Waals surface area (Å²) in [6.45, 7) is 1.71. The number of ether oxygens (including phenoxy) is 1.